The van der Waals surface area contributed by atoms with Gasteiger partial charge >= 0.3 is 6.09 Å². The number of methoxy groups -OCH3 is 1. The number of hydrogen-bond donors (Lipinski definition) is 0. The topological polar surface area (TPSA) is 29.5 Å². The van der Waals surface area contributed by atoms with E-state index in [9.17, 15) is 4.79 Å². The molecule has 0 aromatic heterocycles. The van der Waals surface area contributed by atoms with Gasteiger partial charge in [0.2, 0.25) is 0 Å². The van der Waals surface area contributed by atoms with E-state index in [0.717, 1.165) is 25.8 Å². The van der Waals surface area contributed by atoms with Crippen LogP contribution in [-0.4, -0.2) is 30.2 Å². The highest BCUT2D eigenvalue weighted by Crippen LogP contribution is 2.42. The van der Waals surface area contributed by atoms with Crippen LogP contribution in [0.5, 0.6) is 0 Å². The van der Waals surface area contributed by atoms with Crippen molar-refractivity contribution >= 4 is 6.09 Å². The third kappa shape index (κ3) is 2.20. The van der Waals surface area contributed by atoms with Crippen molar-refractivity contribution < 1.29 is 9.53 Å². The maximum atomic E-state index is 12.0. The van der Waals surface area contributed by atoms with Gasteiger partial charge in [-0.15, -0.1) is 0 Å². The SMILES string of the molecule is COC(=O)N1CC(C)=C(C)CC12CCCCC2. The highest BCUT2D eigenvalue weighted by Gasteiger charge is 2.43. The fourth-order valence-electron chi connectivity index (χ4n) is 3.30. The van der Waals surface area contributed by atoms with Crippen LogP contribution in [0.1, 0.15) is 52.4 Å². The number of carbonyl (C=O) groups is 1. The van der Waals surface area contributed by atoms with Crippen LogP contribution in [0.3, 0.4) is 0 Å². The summed E-state index contributed by atoms with van der Waals surface area (Å²) < 4.78 is 4.97. The normalized spacial score (nSPS) is 24.1. The van der Waals surface area contributed by atoms with Gasteiger partial charge in [0.1, 0.15) is 0 Å². The molecule has 0 atom stereocenters. The average Bonchev–Trinajstić information content (AvgIpc) is 2.34. The number of carbonyl (C=O) groups excluding carboxylic acids is 1. The minimum absolute atomic E-state index is 0.0505. The molecule has 0 aromatic carbocycles. The number of amides is 1. The molecular formula is C14H23NO2. The highest BCUT2D eigenvalue weighted by molar-refractivity contribution is 5.69. The van der Waals surface area contributed by atoms with E-state index >= 15 is 0 Å². The molecule has 3 heteroatoms. The quantitative estimate of drug-likeness (QED) is 0.603. The van der Waals surface area contributed by atoms with Crippen LogP contribution in [0.15, 0.2) is 11.1 Å². The van der Waals surface area contributed by atoms with E-state index in [2.05, 4.69) is 13.8 Å². The maximum absolute atomic E-state index is 12.0. The number of ether oxygens (including phenoxy) is 1. The monoisotopic (exact) mass is 237 g/mol. The molecule has 1 aliphatic heterocycles. The van der Waals surface area contributed by atoms with Gasteiger partial charge in [0.05, 0.1) is 12.6 Å². The van der Waals surface area contributed by atoms with E-state index in [1.54, 1.807) is 0 Å². The summed E-state index contributed by atoms with van der Waals surface area (Å²) in [6.07, 6.45) is 6.92. The van der Waals surface area contributed by atoms with Crippen molar-refractivity contribution in [3.8, 4) is 0 Å². The van der Waals surface area contributed by atoms with Crippen LogP contribution in [-0.2, 0) is 4.74 Å². The molecule has 3 nitrogen and oxygen atoms in total. The van der Waals surface area contributed by atoms with Crippen LogP contribution >= 0.6 is 0 Å². The molecule has 2 rings (SSSR count). The lowest BCUT2D eigenvalue weighted by Crippen LogP contribution is -2.55. The second kappa shape index (κ2) is 4.71. The van der Waals surface area contributed by atoms with Gasteiger partial charge in [-0.3, -0.25) is 4.90 Å². The Labute approximate surface area is 104 Å². The van der Waals surface area contributed by atoms with Crippen molar-refractivity contribution in [3.63, 3.8) is 0 Å². The van der Waals surface area contributed by atoms with Crippen LogP contribution in [0, 0.1) is 0 Å². The Balaban J connectivity index is 2.29. The summed E-state index contributed by atoms with van der Waals surface area (Å²) in [5.41, 5.74) is 2.84. The van der Waals surface area contributed by atoms with Crippen LogP contribution in [0.2, 0.25) is 0 Å². The number of hydrogen-bond acceptors (Lipinski definition) is 2. The first-order chi connectivity index (χ1) is 8.09. The summed E-state index contributed by atoms with van der Waals surface area (Å²) >= 11 is 0. The van der Waals surface area contributed by atoms with E-state index in [-0.39, 0.29) is 11.6 Å². The lowest BCUT2D eigenvalue weighted by atomic mass is 9.73. The van der Waals surface area contributed by atoms with Gasteiger partial charge in [-0.2, -0.15) is 0 Å². The van der Waals surface area contributed by atoms with E-state index in [1.807, 2.05) is 4.90 Å². The molecule has 1 spiro atoms. The van der Waals surface area contributed by atoms with Crippen molar-refractivity contribution in [2.75, 3.05) is 13.7 Å². The van der Waals surface area contributed by atoms with Crippen molar-refractivity contribution in [3.05, 3.63) is 11.1 Å². The van der Waals surface area contributed by atoms with Crippen LogP contribution in [0.4, 0.5) is 4.79 Å². The third-order valence-electron chi connectivity index (χ3n) is 4.47. The molecule has 1 fully saturated rings. The fourth-order valence-corrected chi connectivity index (χ4v) is 3.30. The summed E-state index contributed by atoms with van der Waals surface area (Å²) in [4.78, 5) is 14.0. The molecule has 0 radical (unpaired) electrons. The van der Waals surface area contributed by atoms with Crippen LogP contribution in [0.25, 0.3) is 0 Å². The molecule has 96 valence electrons. The third-order valence-corrected chi connectivity index (χ3v) is 4.47. The summed E-state index contributed by atoms with van der Waals surface area (Å²) in [5, 5.41) is 0. The Hall–Kier alpha value is -0.990. The largest absolute Gasteiger partial charge is 0.453 e. The minimum atomic E-state index is -0.154. The summed E-state index contributed by atoms with van der Waals surface area (Å²) in [7, 11) is 1.49. The fraction of sp³-hybridized carbons (Fsp3) is 0.786. The van der Waals surface area contributed by atoms with E-state index in [4.69, 9.17) is 4.74 Å². The lowest BCUT2D eigenvalue weighted by molar-refractivity contribution is 0.0386. The minimum Gasteiger partial charge on any atom is -0.453 e. The first-order valence-corrected chi connectivity index (χ1v) is 6.60. The second-order valence-corrected chi connectivity index (χ2v) is 5.58. The molecule has 1 aliphatic carbocycles. The zero-order valence-corrected chi connectivity index (χ0v) is 11.2. The van der Waals surface area contributed by atoms with Gasteiger partial charge in [-0.1, -0.05) is 30.4 Å². The molecular weight excluding hydrogens is 214 g/mol. The Bertz CT molecular complexity index is 340. The van der Waals surface area contributed by atoms with Crippen LogP contribution < -0.4 is 0 Å². The van der Waals surface area contributed by atoms with E-state index < -0.39 is 0 Å². The zero-order valence-electron chi connectivity index (χ0n) is 11.2. The summed E-state index contributed by atoms with van der Waals surface area (Å²) in [6, 6.07) is 0. The Morgan fingerprint density at radius 1 is 1.18 bits per heavy atom. The molecule has 1 amide bonds. The standard InChI is InChI=1S/C14H23NO2/c1-11-9-14(7-5-4-6-8-14)15(10-12(11)2)13(16)17-3/h4-10H2,1-3H3. The van der Waals surface area contributed by atoms with Crippen molar-refractivity contribution in [2.24, 2.45) is 0 Å². The smallest absolute Gasteiger partial charge is 0.410 e. The molecule has 0 saturated heterocycles. The number of nitrogens with zero attached hydrogens (tertiary/aromatic N) is 1. The van der Waals surface area contributed by atoms with Gasteiger partial charge in [-0.25, -0.2) is 4.79 Å². The first kappa shape index (κ1) is 12.5. The van der Waals surface area contributed by atoms with Gasteiger partial charge in [-0.05, 0) is 33.1 Å². The second-order valence-electron chi connectivity index (χ2n) is 5.58. The molecule has 0 bridgehead atoms. The first-order valence-electron chi connectivity index (χ1n) is 6.60. The van der Waals surface area contributed by atoms with Gasteiger partial charge < -0.3 is 4.74 Å². The van der Waals surface area contributed by atoms with Gasteiger partial charge in [0.25, 0.3) is 0 Å². The molecule has 0 aromatic rings. The van der Waals surface area contributed by atoms with Crippen molar-refractivity contribution in [2.45, 2.75) is 57.9 Å². The highest BCUT2D eigenvalue weighted by atomic mass is 16.5. The zero-order chi connectivity index (χ0) is 12.5. The molecule has 1 saturated carbocycles. The Morgan fingerprint density at radius 2 is 1.82 bits per heavy atom. The average molecular weight is 237 g/mol. The maximum Gasteiger partial charge on any atom is 0.410 e. The van der Waals surface area contributed by atoms with E-state index in [0.29, 0.717) is 0 Å². The molecule has 17 heavy (non-hydrogen) atoms. The Kier molecular flexibility index (Phi) is 3.45. The summed E-state index contributed by atoms with van der Waals surface area (Å²) in [6.45, 7) is 5.08. The van der Waals surface area contributed by atoms with Gasteiger partial charge in [0.15, 0.2) is 0 Å². The Morgan fingerprint density at radius 3 is 2.41 bits per heavy atom. The lowest BCUT2D eigenvalue weighted by Gasteiger charge is -2.49. The summed E-state index contributed by atoms with van der Waals surface area (Å²) in [5.74, 6) is 0. The predicted molar refractivity (Wildman–Crippen MR) is 67.9 cm³/mol. The molecule has 0 unspecified atom stereocenters. The van der Waals surface area contributed by atoms with Crippen molar-refractivity contribution in [1.29, 1.82) is 0 Å². The van der Waals surface area contributed by atoms with Gasteiger partial charge in [0, 0.05) is 6.54 Å². The molecule has 0 N–H and O–H groups in total. The molecule has 1 heterocycles. The van der Waals surface area contributed by atoms with Crippen molar-refractivity contribution in [1.82, 2.24) is 4.90 Å². The molecule has 2 aliphatic rings. The number of rotatable bonds is 0. The predicted octanol–water partition coefficient (Wildman–Crippen LogP) is 3.50. The van der Waals surface area contributed by atoms with E-state index in [1.165, 1.54) is 37.5 Å².